The molecule has 9 heteroatoms. The number of aryl methyl sites for hydroxylation is 2. The Labute approximate surface area is 183 Å². The van der Waals surface area contributed by atoms with Crippen LogP contribution in [0.3, 0.4) is 0 Å². The standard InChI is InChI=1S/C23H21FN6O2/c1-13-18(30-9-3-7-16(20(25)31)23(30)27-13)21-28-17-8-4-10-32-19(17)22(29-21)26-12-14-5-2-6-15(24)11-14/h2-3,5-7,9,11H,4,8,10,12H2,1H3,(H2,25,31)(H,26,28,29). The Kier molecular flexibility index (Phi) is 4.93. The monoisotopic (exact) mass is 432 g/mol. The molecule has 4 heterocycles. The number of hydrogen-bond acceptors (Lipinski definition) is 6. The molecular weight excluding hydrogens is 411 g/mol. The number of halogens is 1. The van der Waals surface area contributed by atoms with E-state index in [1.54, 1.807) is 28.8 Å². The van der Waals surface area contributed by atoms with E-state index < -0.39 is 5.91 Å². The van der Waals surface area contributed by atoms with Gasteiger partial charge >= 0.3 is 0 Å². The maximum atomic E-state index is 13.6. The van der Waals surface area contributed by atoms with Gasteiger partial charge in [0.05, 0.1) is 23.6 Å². The van der Waals surface area contributed by atoms with Crippen LogP contribution in [0.1, 0.15) is 33.7 Å². The van der Waals surface area contributed by atoms with Gasteiger partial charge in [0, 0.05) is 12.7 Å². The number of fused-ring (bicyclic) bond motifs is 2. The van der Waals surface area contributed by atoms with Crippen molar-refractivity contribution in [1.29, 1.82) is 0 Å². The van der Waals surface area contributed by atoms with E-state index in [4.69, 9.17) is 20.4 Å². The quantitative estimate of drug-likeness (QED) is 0.501. The van der Waals surface area contributed by atoms with Crippen LogP contribution in [0.4, 0.5) is 10.2 Å². The summed E-state index contributed by atoms with van der Waals surface area (Å²) in [5, 5.41) is 3.27. The highest BCUT2D eigenvalue weighted by atomic mass is 19.1. The Morgan fingerprint density at radius 2 is 2.12 bits per heavy atom. The molecule has 0 saturated carbocycles. The van der Waals surface area contributed by atoms with Crippen LogP contribution in [0, 0.1) is 12.7 Å². The number of benzene rings is 1. The van der Waals surface area contributed by atoms with Gasteiger partial charge in [0.2, 0.25) is 0 Å². The van der Waals surface area contributed by atoms with Gasteiger partial charge in [0.1, 0.15) is 17.2 Å². The molecule has 0 fully saturated rings. The van der Waals surface area contributed by atoms with E-state index in [-0.39, 0.29) is 5.82 Å². The van der Waals surface area contributed by atoms with Crippen molar-refractivity contribution in [3.63, 3.8) is 0 Å². The lowest BCUT2D eigenvalue weighted by Crippen LogP contribution is -2.16. The Bertz CT molecular complexity index is 1350. The summed E-state index contributed by atoms with van der Waals surface area (Å²) in [5.41, 5.74) is 9.23. The first-order chi connectivity index (χ1) is 15.5. The van der Waals surface area contributed by atoms with E-state index in [0.717, 1.165) is 24.1 Å². The van der Waals surface area contributed by atoms with Crippen LogP contribution in [-0.2, 0) is 13.0 Å². The fourth-order valence-corrected chi connectivity index (χ4v) is 3.93. The molecule has 3 aromatic heterocycles. The van der Waals surface area contributed by atoms with Gasteiger partial charge in [0.25, 0.3) is 5.91 Å². The number of aromatic nitrogens is 4. The molecular formula is C23H21FN6O2. The second-order valence-electron chi connectivity index (χ2n) is 7.63. The van der Waals surface area contributed by atoms with Gasteiger partial charge in [-0.05, 0) is 49.6 Å². The van der Waals surface area contributed by atoms with E-state index in [2.05, 4.69) is 10.3 Å². The van der Waals surface area contributed by atoms with E-state index in [0.29, 0.717) is 53.1 Å². The molecule has 4 aromatic rings. The number of amides is 1. The number of rotatable bonds is 5. The lowest BCUT2D eigenvalue weighted by atomic mass is 10.1. The molecule has 1 aliphatic heterocycles. The van der Waals surface area contributed by atoms with E-state index in [9.17, 15) is 9.18 Å². The fraction of sp³-hybridized carbons (Fsp3) is 0.217. The summed E-state index contributed by atoms with van der Waals surface area (Å²) in [7, 11) is 0. The van der Waals surface area contributed by atoms with Gasteiger partial charge < -0.3 is 15.8 Å². The lowest BCUT2D eigenvalue weighted by molar-refractivity contribution is 0.100. The number of nitrogens with two attached hydrogens (primary N) is 1. The SMILES string of the molecule is Cc1nc2c(C(N)=O)cccn2c1-c1nc2c(c(NCc3cccc(F)c3)n1)OCCC2. The minimum Gasteiger partial charge on any atom is -0.488 e. The average Bonchev–Trinajstić information content (AvgIpc) is 3.13. The maximum Gasteiger partial charge on any atom is 0.252 e. The molecule has 0 aliphatic carbocycles. The number of primary amides is 1. The van der Waals surface area contributed by atoms with Gasteiger partial charge in [-0.2, -0.15) is 0 Å². The molecule has 1 amide bonds. The summed E-state index contributed by atoms with van der Waals surface area (Å²) >= 11 is 0. The van der Waals surface area contributed by atoms with Crippen LogP contribution < -0.4 is 15.8 Å². The van der Waals surface area contributed by atoms with Gasteiger partial charge in [-0.3, -0.25) is 9.20 Å². The number of anilines is 1. The molecule has 162 valence electrons. The number of pyridine rings is 1. The first kappa shape index (κ1) is 19.9. The number of nitrogens with one attached hydrogen (secondary N) is 1. The van der Waals surface area contributed by atoms with Crippen LogP contribution in [0.5, 0.6) is 5.75 Å². The summed E-state index contributed by atoms with van der Waals surface area (Å²) in [6.07, 6.45) is 3.41. The third-order valence-electron chi connectivity index (χ3n) is 5.39. The largest absolute Gasteiger partial charge is 0.488 e. The first-order valence-corrected chi connectivity index (χ1v) is 10.3. The predicted molar refractivity (Wildman–Crippen MR) is 117 cm³/mol. The van der Waals surface area contributed by atoms with Gasteiger partial charge in [-0.25, -0.2) is 19.3 Å². The number of imidazole rings is 1. The van der Waals surface area contributed by atoms with Crippen LogP contribution >= 0.6 is 0 Å². The van der Waals surface area contributed by atoms with Crippen LogP contribution in [0.2, 0.25) is 0 Å². The number of ether oxygens (including phenoxy) is 1. The van der Waals surface area contributed by atoms with Gasteiger partial charge in [-0.1, -0.05) is 12.1 Å². The van der Waals surface area contributed by atoms with Crippen molar-refractivity contribution in [2.75, 3.05) is 11.9 Å². The van der Waals surface area contributed by atoms with Crippen molar-refractivity contribution >= 4 is 17.4 Å². The Morgan fingerprint density at radius 1 is 1.25 bits per heavy atom. The van der Waals surface area contributed by atoms with Crippen LogP contribution in [0.15, 0.2) is 42.6 Å². The zero-order chi connectivity index (χ0) is 22.2. The molecule has 5 rings (SSSR count). The highest BCUT2D eigenvalue weighted by Crippen LogP contribution is 2.34. The molecule has 0 saturated heterocycles. The third-order valence-corrected chi connectivity index (χ3v) is 5.39. The molecule has 0 atom stereocenters. The summed E-state index contributed by atoms with van der Waals surface area (Å²) in [5.74, 6) is 0.764. The van der Waals surface area contributed by atoms with E-state index in [1.807, 2.05) is 13.0 Å². The molecule has 8 nitrogen and oxygen atoms in total. The average molecular weight is 432 g/mol. The smallest absolute Gasteiger partial charge is 0.252 e. The van der Waals surface area contributed by atoms with Crippen molar-refractivity contribution in [3.05, 3.63) is 70.9 Å². The van der Waals surface area contributed by atoms with Crippen molar-refractivity contribution in [3.8, 4) is 17.3 Å². The summed E-state index contributed by atoms with van der Waals surface area (Å²) in [6.45, 7) is 2.80. The molecule has 1 aliphatic rings. The number of carbonyl (C=O) groups is 1. The van der Waals surface area contributed by atoms with Crippen LogP contribution in [0.25, 0.3) is 17.2 Å². The summed E-state index contributed by atoms with van der Waals surface area (Å²) in [6, 6.07) is 9.77. The first-order valence-electron chi connectivity index (χ1n) is 10.3. The highest BCUT2D eigenvalue weighted by molar-refractivity contribution is 5.99. The molecule has 0 spiro atoms. The Morgan fingerprint density at radius 3 is 2.94 bits per heavy atom. The Balaban J connectivity index is 1.61. The summed E-state index contributed by atoms with van der Waals surface area (Å²) in [4.78, 5) is 25.9. The molecule has 32 heavy (non-hydrogen) atoms. The minimum absolute atomic E-state index is 0.294. The minimum atomic E-state index is -0.552. The number of nitrogens with zero attached hydrogens (tertiary/aromatic N) is 4. The number of hydrogen-bond donors (Lipinski definition) is 2. The fourth-order valence-electron chi connectivity index (χ4n) is 3.93. The van der Waals surface area contributed by atoms with E-state index in [1.165, 1.54) is 12.1 Å². The molecule has 1 aromatic carbocycles. The predicted octanol–water partition coefficient (Wildman–Crippen LogP) is 3.27. The zero-order valence-corrected chi connectivity index (χ0v) is 17.4. The molecule has 0 bridgehead atoms. The Hall–Kier alpha value is -4.01. The molecule has 0 unspecified atom stereocenters. The molecule has 3 N–H and O–H groups in total. The topological polar surface area (TPSA) is 107 Å². The zero-order valence-electron chi connectivity index (χ0n) is 17.4. The lowest BCUT2D eigenvalue weighted by Gasteiger charge is -2.20. The number of carbonyl (C=O) groups excluding carboxylic acids is 1. The van der Waals surface area contributed by atoms with Crippen LogP contribution in [-0.4, -0.2) is 31.9 Å². The van der Waals surface area contributed by atoms with Gasteiger partial charge in [-0.15, -0.1) is 0 Å². The van der Waals surface area contributed by atoms with Crippen molar-refractivity contribution in [2.24, 2.45) is 5.73 Å². The normalized spacial score (nSPS) is 12.9. The van der Waals surface area contributed by atoms with Gasteiger partial charge in [0.15, 0.2) is 17.4 Å². The third kappa shape index (κ3) is 3.51. The maximum absolute atomic E-state index is 13.6. The van der Waals surface area contributed by atoms with Crippen molar-refractivity contribution < 1.29 is 13.9 Å². The highest BCUT2D eigenvalue weighted by Gasteiger charge is 2.23. The van der Waals surface area contributed by atoms with Crippen molar-refractivity contribution in [2.45, 2.75) is 26.3 Å². The second kappa shape index (κ2) is 7.92. The van der Waals surface area contributed by atoms with Crippen molar-refractivity contribution in [1.82, 2.24) is 19.4 Å². The second-order valence-corrected chi connectivity index (χ2v) is 7.63. The molecule has 0 radical (unpaired) electrons. The summed E-state index contributed by atoms with van der Waals surface area (Å²) < 4.78 is 21.2. The van der Waals surface area contributed by atoms with E-state index >= 15 is 0 Å².